The number of nitrogens with zero attached hydrogens (tertiary/aromatic N) is 3. The van der Waals surface area contributed by atoms with Gasteiger partial charge in [0, 0.05) is 35.6 Å². The summed E-state index contributed by atoms with van der Waals surface area (Å²) in [6.45, 7) is 4.08. The number of nitriles is 1. The van der Waals surface area contributed by atoms with E-state index in [0.717, 1.165) is 44.7 Å². The van der Waals surface area contributed by atoms with Crippen LogP contribution >= 0.6 is 11.9 Å². The quantitative estimate of drug-likeness (QED) is 0.351. The van der Waals surface area contributed by atoms with Gasteiger partial charge in [0.1, 0.15) is 6.07 Å². The molecular weight excluding hydrogens is 402 g/mol. The Kier molecular flexibility index (Phi) is 6.06. The molecule has 0 fully saturated rings. The molecule has 5 nitrogen and oxygen atoms in total. The van der Waals surface area contributed by atoms with Crippen molar-refractivity contribution in [1.82, 2.24) is 9.97 Å². The minimum Gasteiger partial charge on any atom is -0.377 e. The van der Waals surface area contributed by atoms with E-state index in [1.807, 2.05) is 49.7 Å². The molecule has 0 aliphatic rings. The summed E-state index contributed by atoms with van der Waals surface area (Å²) >= 11 is 1.54. The fourth-order valence-corrected chi connectivity index (χ4v) is 3.98. The summed E-state index contributed by atoms with van der Waals surface area (Å²) in [6.07, 6.45) is 5.50. The van der Waals surface area contributed by atoms with Gasteiger partial charge in [-0.3, -0.25) is 9.97 Å². The Morgan fingerprint density at radius 3 is 2.55 bits per heavy atom. The maximum Gasteiger partial charge on any atom is 0.103 e. The third-order valence-corrected chi connectivity index (χ3v) is 5.71. The van der Waals surface area contributed by atoms with Crippen molar-refractivity contribution in [2.24, 2.45) is 0 Å². The molecule has 4 rings (SSSR count). The lowest BCUT2D eigenvalue weighted by molar-refractivity contribution is 0.885. The zero-order valence-corrected chi connectivity index (χ0v) is 18.5. The van der Waals surface area contributed by atoms with Crippen molar-refractivity contribution >= 4 is 34.2 Å². The summed E-state index contributed by atoms with van der Waals surface area (Å²) in [5.74, 6) is 0. The average molecular weight is 426 g/mol. The first-order valence-electron chi connectivity index (χ1n) is 10.0. The summed E-state index contributed by atoms with van der Waals surface area (Å²) < 4.78 is 3.28. The van der Waals surface area contributed by atoms with Crippen LogP contribution in [0.25, 0.3) is 22.0 Å². The molecule has 0 saturated carbocycles. The van der Waals surface area contributed by atoms with Crippen LogP contribution in [-0.2, 0) is 0 Å². The van der Waals surface area contributed by atoms with Crippen molar-refractivity contribution in [3.05, 3.63) is 83.8 Å². The molecule has 31 heavy (non-hydrogen) atoms. The fraction of sp³-hybridized carbons (Fsp3) is 0.160. The number of aromatic nitrogens is 2. The highest BCUT2D eigenvalue weighted by Gasteiger charge is 2.14. The summed E-state index contributed by atoms with van der Waals surface area (Å²) in [5.41, 5.74) is 7.30. The second kappa shape index (κ2) is 9.07. The summed E-state index contributed by atoms with van der Waals surface area (Å²) in [4.78, 5) is 9.03. The van der Waals surface area contributed by atoms with Gasteiger partial charge >= 0.3 is 0 Å². The van der Waals surface area contributed by atoms with Gasteiger partial charge in [-0.15, -0.1) is 0 Å². The molecule has 0 amide bonds. The molecule has 1 atom stereocenters. The molecule has 0 aliphatic heterocycles. The molecule has 2 aromatic heterocycles. The molecule has 2 heterocycles. The maximum absolute atomic E-state index is 9.72. The van der Waals surface area contributed by atoms with Crippen LogP contribution in [0.5, 0.6) is 0 Å². The molecule has 4 aromatic rings. The predicted octanol–water partition coefficient (Wildman–Crippen LogP) is 6.34. The molecule has 2 N–H and O–H groups in total. The summed E-state index contributed by atoms with van der Waals surface area (Å²) in [6, 6.07) is 20.7. The minimum atomic E-state index is 0.0426. The van der Waals surface area contributed by atoms with Gasteiger partial charge in [0.2, 0.25) is 0 Å². The highest BCUT2D eigenvalue weighted by atomic mass is 32.2. The summed E-state index contributed by atoms with van der Waals surface area (Å²) in [5, 5.41) is 14.2. The Hall–Kier alpha value is -3.56. The number of hydrogen-bond donors (Lipinski definition) is 2. The number of pyridine rings is 2. The Bertz CT molecular complexity index is 1260. The van der Waals surface area contributed by atoms with Crippen LogP contribution in [0.4, 0.5) is 11.4 Å². The monoisotopic (exact) mass is 425 g/mol. The molecule has 0 spiro atoms. The second-order valence-corrected chi connectivity index (χ2v) is 7.94. The first kappa shape index (κ1) is 20.7. The van der Waals surface area contributed by atoms with E-state index >= 15 is 0 Å². The molecular formula is C25H23N5S. The van der Waals surface area contributed by atoms with E-state index in [4.69, 9.17) is 0 Å². The van der Waals surface area contributed by atoms with Crippen LogP contribution in [0, 0.1) is 18.3 Å². The van der Waals surface area contributed by atoms with Gasteiger partial charge < -0.3 is 10.0 Å². The van der Waals surface area contributed by atoms with Gasteiger partial charge in [-0.25, -0.2) is 0 Å². The van der Waals surface area contributed by atoms with Crippen molar-refractivity contribution < 1.29 is 0 Å². The Morgan fingerprint density at radius 1 is 1.00 bits per heavy atom. The summed E-state index contributed by atoms with van der Waals surface area (Å²) in [7, 11) is 0. The number of anilines is 2. The van der Waals surface area contributed by atoms with Crippen molar-refractivity contribution in [1.29, 1.82) is 5.26 Å². The first-order valence-corrected chi connectivity index (χ1v) is 11.2. The topological polar surface area (TPSA) is 73.6 Å². The third-order valence-electron chi connectivity index (χ3n) is 5.28. The van der Waals surface area contributed by atoms with Crippen LogP contribution in [0.3, 0.4) is 0 Å². The van der Waals surface area contributed by atoms with Crippen molar-refractivity contribution in [3.8, 4) is 17.2 Å². The largest absolute Gasteiger partial charge is 0.377 e. The Labute approximate surface area is 186 Å². The second-order valence-electron chi connectivity index (χ2n) is 7.33. The number of benzene rings is 2. The number of aryl methyl sites for hydroxylation is 1. The maximum atomic E-state index is 9.72. The van der Waals surface area contributed by atoms with Crippen molar-refractivity contribution in [3.63, 3.8) is 0 Å². The van der Waals surface area contributed by atoms with E-state index in [-0.39, 0.29) is 6.04 Å². The smallest absolute Gasteiger partial charge is 0.103 e. The zero-order valence-electron chi connectivity index (χ0n) is 17.7. The van der Waals surface area contributed by atoms with E-state index in [2.05, 4.69) is 57.3 Å². The van der Waals surface area contributed by atoms with Gasteiger partial charge in [0.25, 0.3) is 0 Å². The van der Waals surface area contributed by atoms with Crippen LogP contribution in [0.1, 0.15) is 29.8 Å². The number of nitrogens with one attached hydrogen (secondary N) is 2. The van der Waals surface area contributed by atoms with Gasteiger partial charge in [-0.05, 0) is 43.2 Å². The molecule has 2 aromatic carbocycles. The van der Waals surface area contributed by atoms with Crippen molar-refractivity contribution in [2.45, 2.75) is 19.9 Å². The van der Waals surface area contributed by atoms with Crippen LogP contribution in [0.2, 0.25) is 0 Å². The number of rotatable bonds is 6. The highest BCUT2D eigenvalue weighted by molar-refractivity contribution is 7.99. The van der Waals surface area contributed by atoms with Gasteiger partial charge in [0.05, 0.1) is 28.1 Å². The molecule has 1 unspecified atom stereocenters. The van der Waals surface area contributed by atoms with Gasteiger partial charge in [-0.1, -0.05) is 48.3 Å². The van der Waals surface area contributed by atoms with Crippen molar-refractivity contribution in [2.75, 3.05) is 16.3 Å². The first-order chi connectivity index (χ1) is 15.1. The molecule has 0 bridgehead atoms. The lowest BCUT2D eigenvalue weighted by Gasteiger charge is -2.19. The Balaban J connectivity index is 1.81. The number of fused-ring (bicyclic) bond motifs is 1. The molecule has 0 aliphatic carbocycles. The predicted molar refractivity (Wildman–Crippen MR) is 130 cm³/mol. The molecule has 0 radical (unpaired) electrons. The van der Waals surface area contributed by atoms with Crippen LogP contribution < -0.4 is 10.0 Å². The number of hydrogen-bond acceptors (Lipinski definition) is 6. The van der Waals surface area contributed by atoms with E-state index in [1.165, 1.54) is 0 Å². The standard InChI is InChI=1S/C25H23N5S/c1-16(18-7-5-4-6-8-18)29-25-21(13-26)15-28-23-10-9-19(11-22(23)25)20-12-24(30-31-3)17(2)27-14-20/h4-12,14-16,30H,1-3H3,(H,28,29). The van der Waals surface area contributed by atoms with E-state index in [1.54, 1.807) is 18.1 Å². The molecule has 0 saturated heterocycles. The van der Waals surface area contributed by atoms with Crippen LogP contribution in [-0.4, -0.2) is 16.2 Å². The van der Waals surface area contributed by atoms with Crippen LogP contribution in [0.15, 0.2) is 67.0 Å². The lowest BCUT2D eigenvalue weighted by atomic mass is 10.0. The average Bonchev–Trinajstić information content (AvgIpc) is 2.81. The van der Waals surface area contributed by atoms with E-state index in [9.17, 15) is 5.26 Å². The molecule has 154 valence electrons. The fourth-order valence-electron chi connectivity index (χ4n) is 3.56. The van der Waals surface area contributed by atoms with Gasteiger partial charge in [-0.2, -0.15) is 5.26 Å². The minimum absolute atomic E-state index is 0.0426. The third kappa shape index (κ3) is 4.32. The highest BCUT2D eigenvalue weighted by Crippen LogP contribution is 2.33. The van der Waals surface area contributed by atoms with Gasteiger partial charge in [0.15, 0.2) is 0 Å². The van der Waals surface area contributed by atoms with E-state index in [0.29, 0.717) is 5.56 Å². The SMILES string of the molecule is CSNc1cc(-c2ccc3ncc(C#N)c(NC(C)c4ccccc4)c3c2)cnc1C. The van der Waals surface area contributed by atoms with E-state index < -0.39 is 0 Å². The normalized spacial score (nSPS) is 11.7. The lowest BCUT2D eigenvalue weighted by Crippen LogP contribution is -2.08. The Morgan fingerprint density at radius 2 is 1.81 bits per heavy atom. The molecule has 6 heteroatoms. The zero-order chi connectivity index (χ0) is 21.8.